The Labute approximate surface area is 120 Å². The molecule has 0 amide bonds. The minimum Gasteiger partial charge on any atom is -0.313 e. The molecule has 1 atom stereocenters. The van der Waals surface area contributed by atoms with Gasteiger partial charge in [-0.2, -0.15) is 0 Å². The summed E-state index contributed by atoms with van der Waals surface area (Å²) < 4.78 is 0. The Hall–Kier alpha value is -1.74. The second-order valence-electron chi connectivity index (χ2n) is 5.41. The molecule has 1 unspecified atom stereocenters. The van der Waals surface area contributed by atoms with E-state index in [9.17, 15) is 0 Å². The second kappa shape index (κ2) is 6.14. The van der Waals surface area contributed by atoms with Gasteiger partial charge in [-0.25, -0.2) is 9.97 Å². The highest BCUT2D eigenvalue weighted by Gasteiger charge is 2.20. The van der Waals surface area contributed by atoms with E-state index in [0.29, 0.717) is 6.04 Å². The molecule has 1 N–H and O–H groups in total. The monoisotopic (exact) mass is 267 g/mol. The number of rotatable bonds is 4. The lowest BCUT2D eigenvalue weighted by Crippen LogP contribution is -2.23. The number of nitrogens with zero attached hydrogens (tertiary/aromatic N) is 2. The van der Waals surface area contributed by atoms with Gasteiger partial charge in [0, 0.05) is 29.9 Å². The van der Waals surface area contributed by atoms with Crippen LogP contribution in [0.5, 0.6) is 0 Å². The Morgan fingerprint density at radius 3 is 2.85 bits per heavy atom. The number of benzene rings is 1. The molecular weight excluding hydrogens is 246 g/mol. The van der Waals surface area contributed by atoms with Crippen LogP contribution in [0.1, 0.15) is 41.5 Å². The van der Waals surface area contributed by atoms with Crippen LogP contribution in [0.25, 0.3) is 0 Å². The number of hydrogen-bond acceptors (Lipinski definition) is 3. The second-order valence-corrected chi connectivity index (χ2v) is 5.41. The molecule has 1 aromatic heterocycles. The fourth-order valence-corrected chi connectivity index (χ4v) is 2.91. The summed E-state index contributed by atoms with van der Waals surface area (Å²) in [5, 5.41) is 3.36. The minimum atomic E-state index is 0.432. The third-order valence-corrected chi connectivity index (χ3v) is 4.06. The summed E-state index contributed by atoms with van der Waals surface area (Å²) in [5.74, 6) is 0.976. The number of fused-ring (bicyclic) bond motifs is 1. The zero-order chi connectivity index (χ0) is 13.8. The lowest BCUT2D eigenvalue weighted by Gasteiger charge is -2.24. The van der Waals surface area contributed by atoms with Gasteiger partial charge in [-0.3, -0.25) is 0 Å². The first-order chi connectivity index (χ1) is 9.86. The number of hydrogen-bond donors (Lipinski definition) is 1. The van der Waals surface area contributed by atoms with Crippen molar-refractivity contribution in [2.75, 3.05) is 7.05 Å². The molecule has 2 aromatic rings. The maximum atomic E-state index is 4.78. The highest BCUT2D eigenvalue weighted by atomic mass is 14.9. The summed E-state index contributed by atoms with van der Waals surface area (Å²) in [7, 11) is 2.02. The van der Waals surface area contributed by atoms with E-state index in [4.69, 9.17) is 4.98 Å². The van der Waals surface area contributed by atoms with E-state index in [0.717, 1.165) is 25.1 Å². The molecule has 1 aromatic carbocycles. The first-order valence-electron chi connectivity index (χ1n) is 7.42. The van der Waals surface area contributed by atoms with Crippen LogP contribution in [0.2, 0.25) is 0 Å². The van der Waals surface area contributed by atoms with Gasteiger partial charge in [0.1, 0.15) is 5.82 Å². The highest BCUT2D eigenvalue weighted by molar-refractivity contribution is 5.25. The molecule has 1 aliphatic rings. The van der Waals surface area contributed by atoms with E-state index in [2.05, 4.69) is 40.6 Å². The van der Waals surface area contributed by atoms with Crippen LogP contribution in [0.4, 0.5) is 0 Å². The van der Waals surface area contributed by atoms with Gasteiger partial charge in [0.05, 0.1) is 0 Å². The van der Waals surface area contributed by atoms with E-state index in [-0.39, 0.29) is 0 Å². The van der Waals surface area contributed by atoms with Crippen molar-refractivity contribution in [3.63, 3.8) is 0 Å². The van der Waals surface area contributed by atoms with Gasteiger partial charge in [-0.05, 0) is 38.3 Å². The van der Waals surface area contributed by atoms with Gasteiger partial charge in [0.15, 0.2) is 0 Å². The largest absolute Gasteiger partial charge is 0.313 e. The molecule has 3 heteroatoms. The van der Waals surface area contributed by atoms with Crippen molar-refractivity contribution in [3.8, 4) is 0 Å². The number of nitrogens with one attached hydrogen (secondary N) is 1. The average Bonchev–Trinajstić information content (AvgIpc) is 2.53. The lowest BCUT2D eigenvalue weighted by atomic mass is 9.92. The van der Waals surface area contributed by atoms with E-state index in [1.807, 2.05) is 13.2 Å². The zero-order valence-corrected chi connectivity index (χ0v) is 12.0. The fraction of sp³-hybridized carbons (Fsp3) is 0.412. The van der Waals surface area contributed by atoms with Gasteiger partial charge >= 0.3 is 0 Å². The van der Waals surface area contributed by atoms with Gasteiger partial charge in [-0.1, -0.05) is 30.3 Å². The van der Waals surface area contributed by atoms with Crippen LogP contribution in [0.15, 0.2) is 36.5 Å². The van der Waals surface area contributed by atoms with E-state index < -0.39 is 0 Å². The first-order valence-corrected chi connectivity index (χ1v) is 7.42. The summed E-state index contributed by atoms with van der Waals surface area (Å²) in [4.78, 5) is 9.33. The highest BCUT2D eigenvalue weighted by Crippen LogP contribution is 2.27. The van der Waals surface area contributed by atoms with E-state index >= 15 is 0 Å². The molecule has 0 fully saturated rings. The summed E-state index contributed by atoms with van der Waals surface area (Å²) in [6, 6.07) is 11.0. The van der Waals surface area contributed by atoms with Gasteiger partial charge in [0.25, 0.3) is 0 Å². The number of aryl methyl sites for hydroxylation is 3. The zero-order valence-electron chi connectivity index (χ0n) is 12.0. The van der Waals surface area contributed by atoms with Crippen molar-refractivity contribution in [1.82, 2.24) is 15.3 Å². The first kappa shape index (κ1) is 13.3. The van der Waals surface area contributed by atoms with Gasteiger partial charge in [-0.15, -0.1) is 0 Å². The molecule has 0 saturated carbocycles. The standard InChI is InChI=1S/C17H21N3/c1-18-15-8-5-9-16-14(15)12-19-17(20-16)11-10-13-6-3-2-4-7-13/h2-4,6-7,12,15,18H,5,8-11H2,1H3. The molecule has 3 rings (SSSR count). The Morgan fingerprint density at radius 1 is 1.20 bits per heavy atom. The molecule has 1 aliphatic carbocycles. The Balaban J connectivity index is 1.72. The maximum absolute atomic E-state index is 4.78. The third-order valence-electron chi connectivity index (χ3n) is 4.06. The average molecular weight is 267 g/mol. The molecule has 3 nitrogen and oxygen atoms in total. The SMILES string of the molecule is CNC1CCCc2nc(CCc3ccccc3)ncc21. The summed E-state index contributed by atoms with van der Waals surface area (Å²) in [6.07, 6.45) is 7.46. The molecule has 20 heavy (non-hydrogen) atoms. The van der Waals surface area contributed by atoms with Crippen LogP contribution in [0.3, 0.4) is 0 Å². The minimum absolute atomic E-state index is 0.432. The van der Waals surface area contributed by atoms with Gasteiger partial charge < -0.3 is 5.32 Å². The quantitative estimate of drug-likeness (QED) is 0.925. The van der Waals surface area contributed by atoms with Crippen molar-refractivity contribution in [2.24, 2.45) is 0 Å². The van der Waals surface area contributed by atoms with Crippen LogP contribution in [-0.2, 0) is 19.3 Å². The summed E-state index contributed by atoms with van der Waals surface area (Å²) >= 11 is 0. The van der Waals surface area contributed by atoms with Gasteiger partial charge in [0.2, 0.25) is 0 Å². The Bertz CT molecular complexity index is 566. The topological polar surface area (TPSA) is 37.8 Å². The van der Waals surface area contributed by atoms with Crippen LogP contribution in [0, 0.1) is 0 Å². The molecule has 0 spiro atoms. The molecule has 104 valence electrons. The molecule has 0 aliphatic heterocycles. The smallest absolute Gasteiger partial charge is 0.128 e. The van der Waals surface area contributed by atoms with Crippen molar-refractivity contribution < 1.29 is 0 Å². The predicted molar refractivity (Wildman–Crippen MR) is 80.6 cm³/mol. The fourth-order valence-electron chi connectivity index (χ4n) is 2.91. The Kier molecular flexibility index (Phi) is 4.07. The predicted octanol–water partition coefficient (Wildman–Crippen LogP) is 2.86. The van der Waals surface area contributed by atoms with Crippen molar-refractivity contribution in [3.05, 3.63) is 59.2 Å². The van der Waals surface area contributed by atoms with Crippen LogP contribution in [-0.4, -0.2) is 17.0 Å². The normalized spacial score (nSPS) is 17.8. The maximum Gasteiger partial charge on any atom is 0.128 e. The summed E-state index contributed by atoms with van der Waals surface area (Å²) in [6.45, 7) is 0. The van der Waals surface area contributed by atoms with Crippen LogP contribution < -0.4 is 5.32 Å². The Morgan fingerprint density at radius 2 is 2.05 bits per heavy atom. The van der Waals surface area contributed by atoms with Crippen molar-refractivity contribution in [1.29, 1.82) is 0 Å². The number of aromatic nitrogens is 2. The third kappa shape index (κ3) is 2.88. The lowest BCUT2D eigenvalue weighted by molar-refractivity contribution is 0.485. The van der Waals surface area contributed by atoms with E-state index in [1.165, 1.54) is 29.7 Å². The van der Waals surface area contributed by atoms with Crippen LogP contribution >= 0.6 is 0 Å². The molecule has 1 heterocycles. The molecule has 0 saturated heterocycles. The molecule has 0 radical (unpaired) electrons. The van der Waals surface area contributed by atoms with Crippen molar-refractivity contribution in [2.45, 2.75) is 38.1 Å². The van der Waals surface area contributed by atoms with Crippen molar-refractivity contribution >= 4 is 0 Å². The summed E-state index contributed by atoms with van der Waals surface area (Å²) in [5.41, 5.74) is 3.89. The molecule has 0 bridgehead atoms. The molecular formula is C17H21N3. The van der Waals surface area contributed by atoms with E-state index in [1.54, 1.807) is 0 Å².